The van der Waals surface area contributed by atoms with Crippen LogP contribution in [0.25, 0.3) is 0 Å². The second kappa shape index (κ2) is 4.84. The van der Waals surface area contributed by atoms with E-state index >= 15 is 0 Å². The van der Waals surface area contributed by atoms with Gasteiger partial charge in [-0.1, -0.05) is 13.0 Å². The van der Waals surface area contributed by atoms with Crippen LogP contribution in [-0.4, -0.2) is 28.5 Å². The molecule has 0 aromatic carbocycles. The number of nitrogens with zero attached hydrogens (tertiary/aromatic N) is 3. The Morgan fingerprint density at radius 3 is 2.71 bits per heavy atom. The molecule has 0 fully saturated rings. The van der Waals surface area contributed by atoms with Gasteiger partial charge in [0.15, 0.2) is 0 Å². The average Bonchev–Trinajstić information content (AvgIpc) is 2.47. The topological polar surface area (TPSA) is 21.1 Å². The average molecular weight is 193 g/mol. The molecule has 1 rings (SSSR count). The summed E-state index contributed by atoms with van der Waals surface area (Å²) >= 11 is 0. The molecule has 0 bridgehead atoms. The van der Waals surface area contributed by atoms with Gasteiger partial charge in [-0.05, 0) is 6.20 Å². The monoisotopic (exact) mass is 193 g/mol. The molecule has 0 amide bonds. The van der Waals surface area contributed by atoms with Crippen LogP contribution in [0.1, 0.15) is 18.4 Å². The molecular formula is C11H19N3. The number of aromatic nitrogens is 2. The molecule has 78 valence electrons. The maximum atomic E-state index is 4.35. The van der Waals surface area contributed by atoms with Crippen LogP contribution >= 0.6 is 0 Å². The molecule has 1 aromatic rings. The van der Waals surface area contributed by atoms with Gasteiger partial charge in [-0.15, -0.1) is 0 Å². The molecule has 0 saturated heterocycles. The van der Waals surface area contributed by atoms with Crippen molar-refractivity contribution in [2.75, 3.05) is 14.1 Å². The van der Waals surface area contributed by atoms with Crippen molar-refractivity contribution in [3.8, 4) is 0 Å². The van der Waals surface area contributed by atoms with Crippen molar-refractivity contribution in [3.05, 3.63) is 30.0 Å². The maximum Gasteiger partial charge on any atom is 0.108 e. The van der Waals surface area contributed by atoms with E-state index < -0.39 is 0 Å². The largest absolute Gasteiger partial charge is 0.384 e. The number of rotatable bonds is 4. The number of aryl methyl sites for hydroxylation is 1. The second-order valence-electron chi connectivity index (χ2n) is 3.63. The van der Waals surface area contributed by atoms with Gasteiger partial charge >= 0.3 is 0 Å². The minimum absolute atomic E-state index is 0.946. The van der Waals surface area contributed by atoms with E-state index in [0.29, 0.717) is 0 Å². The van der Waals surface area contributed by atoms with Crippen molar-refractivity contribution in [1.29, 1.82) is 0 Å². The van der Waals surface area contributed by atoms with Crippen LogP contribution in [0.4, 0.5) is 0 Å². The van der Waals surface area contributed by atoms with E-state index in [1.165, 1.54) is 5.69 Å². The zero-order valence-corrected chi connectivity index (χ0v) is 9.49. The normalized spacial score (nSPS) is 11.1. The van der Waals surface area contributed by atoms with Crippen molar-refractivity contribution >= 4 is 0 Å². The summed E-state index contributed by atoms with van der Waals surface area (Å²) in [5.74, 6) is 1.15. The standard InChI is InChI=1S/C11H19N3/c1-5-11-12-9-10(14(11)4)7-6-8-13(2)3/h6,8-9H,5,7H2,1-4H3. The summed E-state index contributed by atoms with van der Waals surface area (Å²) in [5.41, 5.74) is 1.26. The molecule has 0 aliphatic rings. The number of allylic oxidation sites excluding steroid dienone is 1. The lowest BCUT2D eigenvalue weighted by Crippen LogP contribution is -2.02. The highest BCUT2D eigenvalue weighted by molar-refractivity contribution is 5.08. The van der Waals surface area contributed by atoms with Gasteiger partial charge in [-0.3, -0.25) is 0 Å². The summed E-state index contributed by atoms with van der Waals surface area (Å²) in [7, 11) is 6.12. The number of hydrogen-bond donors (Lipinski definition) is 0. The summed E-state index contributed by atoms with van der Waals surface area (Å²) in [6.07, 6.45) is 8.11. The molecule has 0 radical (unpaired) electrons. The molecule has 0 unspecified atom stereocenters. The first-order chi connectivity index (χ1) is 6.65. The molecular weight excluding hydrogens is 174 g/mol. The Morgan fingerprint density at radius 1 is 1.50 bits per heavy atom. The van der Waals surface area contributed by atoms with Crippen LogP contribution in [-0.2, 0) is 19.9 Å². The third-order valence-corrected chi connectivity index (χ3v) is 2.23. The SMILES string of the molecule is CCc1ncc(CC=CN(C)C)n1C. The molecule has 14 heavy (non-hydrogen) atoms. The van der Waals surface area contributed by atoms with E-state index in [1.54, 1.807) is 0 Å². The molecule has 1 heterocycles. The predicted octanol–water partition coefficient (Wildman–Crippen LogP) is 1.60. The minimum atomic E-state index is 0.946. The van der Waals surface area contributed by atoms with Gasteiger partial charge in [0.1, 0.15) is 5.82 Å². The Bertz CT molecular complexity index is 310. The maximum absolute atomic E-state index is 4.35. The quantitative estimate of drug-likeness (QED) is 0.724. The lowest BCUT2D eigenvalue weighted by Gasteiger charge is -2.04. The summed E-state index contributed by atoms with van der Waals surface area (Å²) in [6.45, 7) is 2.13. The first-order valence-electron chi connectivity index (χ1n) is 4.97. The Kier molecular flexibility index (Phi) is 3.74. The summed E-state index contributed by atoms with van der Waals surface area (Å²) in [6, 6.07) is 0. The molecule has 0 spiro atoms. The lowest BCUT2D eigenvalue weighted by atomic mass is 10.3. The van der Waals surface area contributed by atoms with Crippen molar-refractivity contribution in [3.63, 3.8) is 0 Å². The second-order valence-corrected chi connectivity index (χ2v) is 3.63. The molecule has 0 atom stereocenters. The van der Waals surface area contributed by atoms with E-state index in [4.69, 9.17) is 0 Å². The highest BCUT2D eigenvalue weighted by Crippen LogP contribution is 2.04. The van der Waals surface area contributed by atoms with Crippen molar-refractivity contribution in [2.45, 2.75) is 19.8 Å². The van der Waals surface area contributed by atoms with Gasteiger partial charge in [-0.2, -0.15) is 0 Å². The van der Waals surface area contributed by atoms with Gasteiger partial charge in [0.05, 0.1) is 0 Å². The van der Waals surface area contributed by atoms with Crippen LogP contribution in [0.2, 0.25) is 0 Å². The highest BCUT2D eigenvalue weighted by atomic mass is 15.1. The van der Waals surface area contributed by atoms with E-state index in [9.17, 15) is 0 Å². The first-order valence-corrected chi connectivity index (χ1v) is 4.97. The fourth-order valence-corrected chi connectivity index (χ4v) is 1.39. The van der Waals surface area contributed by atoms with E-state index in [2.05, 4.69) is 35.8 Å². The van der Waals surface area contributed by atoms with Gasteiger partial charge < -0.3 is 9.47 Å². The zero-order chi connectivity index (χ0) is 10.6. The fourth-order valence-electron chi connectivity index (χ4n) is 1.39. The summed E-state index contributed by atoms with van der Waals surface area (Å²) < 4.78 is 2.17. The number of hydrogen-bond acceptors (Lipinski definition) is 2. The molecule has 3 heteroatoms. The van der Waals surface area contributed by atoms with Crippen molar-refractivity contribution in [1.82, 2.24) is 14.5 Å². The van der Waals surface area contributed by atoms with E-state index in [-0.39, 0.29) is 0 Å². The Morgan fingerprint density at radius 2 is 2.21 bits per heavy atom. The third-order valence-electron chi connectivity index (χ3n) is 2.23. The molecule has 0 saturated carbocycles. The Hall–Kier alpha value is -1.25. The minimum Gasteiger partial charge on any atom is -0.384 e. The third kappa shape index (κ3) is 2.62. The van der Waals surface area contributed by atoms with E-state index in [1.807, 2.05) is 25.2 Å². The van der Waals surface area contributed by atoms with Gasteiger partial charge in [0.25, 0.3) is 0 Å². The highest BCUT2D eigenvalue weighted by Gasteiger charge is 2.01. The number of imidazole rings is 1. The van der Waals surface area contributed by atoms with Gasteiger partial charge in [-0.25, -0.2) is 4.98 Å². The molecule has 3 nitrogen and oxygen atoms in total. The fraction of sp³-hybridized carbons (Fsp3) is 0.545. The molecule has 0 aliphatic carbocycles. The molecule has 0 aliphatic heterocycles. The van der Waals surface area contributed by atoms with Gasteiger partial charge in [0, 0.05) is 45.9 Å². The summed E-state index contributed by atoms with van der Waals surface area (Å²) in [5, 5.41) is 0. The molecule has 0 N–H and O–H groups in total. The van der Waals surface area contributed by atoms with Crippen LogP contribution in [0, 0.1) is 0 Å². The van der Waals surface area contributed by atoms with Crippen LogP contribution in [0.5, 0.6) is 0 Å². The molecule has 1 aromatic heterocycles. The van der Waals surface area contributed by atoms with Gasteiger partial charge in [0.2, 0.25) is 0 Å². The Balaban J connectivity index is 2.63. The smallest absolute Gasteiger partial charge is 0.108 e. The predicted molar refractivity (Wildman–Crippen MR) is 59.1 cm³/mol. The first kappa shape index (κ1) is 10.8. The van der Waals surface area contributed by atoms with Crippen LogP contribution in [0.3, 0.4) is 0 Å². The zero-order valence-electron chi connectivity index (χ0n) is 9.49. The Labute approximate surface area is 86.1 Å². The summed E-state index contributed by atoms with van der Waals surface area (Å²) in [4.78, 5) is 6.39. The van der Waals surface area contributed by atoms with Crippen molar-refractivity contribution < 1.29 is 0 Å². The van der Waals surface area contributed by atoms with E-state index in [0.717, 1.165) is 18.7 Å². The van der Waals surface area contributed by atoms with Crippen LogP contribution < -0.4 is 0 Å². The van der Waals surface area contributed by atoms with Crippen molar-refractivity contribution in [2.24, 2.45) is 7.05 Å². The lowest BCUT2D eigenvalue weighted by molar-refractivity contribution is 0.561. The van der Waals surface area contributed by atoms with Crippen LogP contribution in [0.15, 0.2) is 18.5 Å².